The second kappa shape index (κ2) is 7.37. The molecule has 6 heteroatoms. The molecule has 3 rings (SSSR count). The highest BCUT2D eigenvalue weighted by Gasteiger charge is 2.15. The molecule has 1 fully saturated rings. The molecular formula is C17H21N5S. The van der Waals surface area contributed by atoms with E-state index >= 15 is 0 Å². The van der Waals surface area contributed by atoms with Gasteiger partial charge in [0.15, 0.2) is 5.11 Å². The van der Waals surface area contributed by atoms with Crippen LogP contribution in [-0.2, 0) is 6.54 Å². The van der Waals surface area contributed by atoms with Gasteiger partial charge in [-0.25, -0.2) is 4.98 Å². The molecule has 2 aromatic rings. The molecule has 0 amide bonds. The van der Waals surface area contributed by atoms with E-state index in [0.29, 0.717) is 17.6 Å². The molecule has 1 saturated heterocycles. The summed E-state index contributed by atoms with van der Waals surface area (Å²) in [5, 5.41) is 6.81. The minimum absolute atomic E-state index is 0.534. The van der Waals surface area contributed by atoms with E-state index in [1.165, 1.54) is 18.4 Å². The van der Waals surface area contributed by atoms with Crippen LogP contribution in [0.1, 0.15) is 24.1 Å². The van der Waals surface area contributed by atoms with E-state index in [1.807, 2.05) is 31.2 Å². The summed E-state index contributed by atoms with van der Waals surface area (Å²) in [6.07, 6.45) is 2.45. The molecule has 2 heterocycles. The molecule has 0 radical (unpaired) electrons. The summed E-state index contributed by atoms with van der Waals surface area (Å²) in [5.41, 5.74) is 2.12. The molecule has 1 aliphatic heterocycles. The number of thiocarbonyl (C=S) groups is 1. The zero-order valence-electron chi connectivity index (χ0n) is 13.2. The Labute approximate surface area is 142 Å². The molecule has 1 aromatic carbocycles. The Morgan fingerprint density at radius 2 is 1.91 bits per heavy atom. The third kappa shape index (κ3) is 4.39. The first kappa shape index (κ1) is 15.7. The topological polar surface area (TPSA) is 53.1 Å². The van der Waals surface area contributed by atoms with Gasteiger partial charge in [-0.05, 0) is 37.5 Å². The highest BCUT2D eigenvalue weighted by atomic mass is 32.1. The Bertz CT molecular complexity index is 668. The average Bonchev–Trinajstić information content (AvgIpc) is 3.08. The van der Waals surface area contributed by atoms with Gasteiger partial charge in [0.1, 0.15) is 5.82 Å². The van der Waals surface area contributed by atoms with Gasteiger partial charge in [0.2, 0.25) is 5.95 Å². The van der Waals surface area contributed by atoms with Crippen molar-refractivity contribution < 1.29 is 0 Å². The van der Waals surface area contributed by atoms with Crippen molar-refractivity contribution in [3.8, 4) is 0 Å². The Balaban J connectivity index is 1.61. The van der Waals surface area contributed by atoms with Crippen molar-refractivity contribution in [1.29, 1.82) is 0 Å². The van der Waals surface area contributed by atoms with Crippen LogP contribution in [0.3, 0.4) is 0 Å². The number of rotatable bonds is 4. The fourth-order valence-corrected chi connectivity index (χ4v) is 2.80. The standard InChI is InChI=1S/C17H21N5S/c1-13-11-15(22-9-5-6-10-22)20-16(19-13)21-17(23)18-12-14-7-3-2-4-8-14/h2-4,7-8,11H,5-6,9-10,12H2,1H3,(H2,18,19,20,21,23). The summed E-state index contributed by atoms with van der Waals surface area (Å²) < 4.78 is 0. The smallest absolute Gasteiger partial charge is 0.231 e. The Hall–Kier alpha value is -2.21. The average molecular weight is 327 g/mol. The van der Waals surface area contributed by atoms with Gasteiger partial charge in [0.05, 0.1) is 0 Å². The first-order valence-corrected chi connectivity index (χ1v) is 8.31. The van der Waals surface area contributed by atoms with Gasteiger partial charge < -0.3 is 15.5 Å². The second-order valence-electron chi connectivity index (χ2n) is 5.68. The predicted octanol–water partition coefficient (Wildman–Crippen LogP) is 2.87. The molecule has 2 N–H and O–H groups in total. The predicted molar refractivity (Wildman–Crippen MR) is 97.7 cm³/mol. The maximum Gasteiger partial charge on any atom is 0.231 e. The molecule has 0 unspecified atom stereocenters. The summed E-state index contributed by atoms with van der Waals surface area (Å²) >= 11 is 5.34. The zero-order chi connectivity index (χ0) is 16.1. The van der Waals surface area contributed by atoms with Gasteiger partial charge in [0.25, 0.3) is 0 Å². The first-order valence-electron chi connectivity index (χ1n) is 7.90. The van der Waals surface area contributed by atoms with Gasteiger partial charge in [-0.3, -0.25) is 0 Å². The Morgan fingerprint density at radius 3 is 2.65 bits per heavy atom. The van der Waals surface area contributed by atoms with E-state index in [4.69, 9.17) is 12.2 Å². The molecule has 0 aliphatic carbocycles. The summed E-state index contributed by atoms with van der Waals surface area (Å²) in [6, 6.07) is 12.2. The second-order valence-corrected chi connectivity index (χ2v) is 6.09. The van der Waals surface area contributed by atoms with Crippen molar-refractivity contribution >= 4 is 29.1 Å². The van der Waals surface area contributed by atoms with Crippen molar-refractivity contribution in [2.75, 3.05) is 23.3 Å². The maximum absolute atomic E-state index is 5.34. The van der Waals surface area contributed by atoms with Crippen LogP contribution < -0.4 is 15.5 Å². The number of benzene rings is 1. The van der Waals surface area contributed by atoms with Crippen molar-refractivity contribution in [2.24, 2.45) is 0 Å². The van der Waals surface area contributed by atoms with E-state index in [1.54, 1.807) is 0 Å². The molecule has 0 bridgehead atoms. The molecule has 120 valence electrons. The van der Waals surface area contributed by atoms with Crippen LogP contribution in [0.4, 0.5) is 11.8 Å². The lowest BCUT2D eigenvalue weighted by Crippen LogP contribution is -2.29. The number of hydrogen-bond acceptors (Lipinski definition) is 4. The summed E-state index contributed by atoms with van der Waals surface area (Å²) in [6.45, 7) is 4.78. The van der Waals surface area contributed by atoms with Gasteiger partial charge in [-0.1, -0.05) is 30.3 Å². The number of aryl methyl sites for hydroxylation is 1. The highest BCUT2D eigenvalue weighted by molar-refractivity contribution is 7.80. The maximum atomic E-state index is 5.34. The van der Waals surface area contributed by atoms with Crippen LogP contribution in [0, 0.1) is 6.92 Å². The van der Waals surface area contributed by atoms with Crippen LogP contribution >= 0.6 is 12.2 Å². The minimum atomic E-state index is 0.534. The number of nitrogens with one attached hydrogen (secondary N) is 2. The van der Waals surface area contributed by atoms with E-state index in [0.717, 1.165) is 24.6 Å². The summed E-state index contributed by atoms with van der Waals surface area (Å²) in [4.78, 5) is 11.3. The van der Waals surface area contributed by atoms with Gasteiger partial charge in [0, 0.05) is 31.4 Å². The van der Waals surface area contributed by atoms with Crippen LogP contribution in [0.15, 0.2) is 36.4 Å². The fraction of sp³-hybridized carbons (Fsp3) is 0.353. The number of nitrogens with zero attached hydrogens (tertiary/aromatic N) is 3. The van der Waals surface area contributed by atoms with Gasteiger partial charge in [-0.2, -0.15) is 4.98 Å². The molecule has 5 nitrogen and oxygen atoms in total. The van der Waals surface area contributed by atoms with Crippen LogP contribution in [0.25, 0.3) is 0 Å². The number of anilines is 2. The lowest BCUT2D eigenvalue weighted by Gasteiger charge is -2.18. The minimum Gasteiger partial charge on any atom is -0.358 e. The molecule has 0 spiro atoms. The van der Waals surface area contributed by atoms with Gasteiger partial charge >= 0.3 is 0 Å². The SMILES string of the molecule is Cc1cc(N2CCCC2)nc(NC(=S)NCc2ccccc2)n1. The quantitative estimate of drug-likeness (QED) is 0.842. The highest BCUT2D eigenvalue weighted by Crippen LogP contribution is 2.19. The van der Waals surface area contributed by atoms with Crippen molar-refractivity contribution in [3.05, 3.63) is 47.7 Å². The van der Waals surface area contributed by atoms with Crippen LogP contribution in [0.2, 0.25) is 0 Å². The Morgan fingerprint density at radius 1 is 1.17 bits per heavy atom. The van der Waals surface area contributed by atoms with Crippen LogP contribution in [0.5, 0.6) is 0 Å². The molecule has 1 aromatic heterocycles. The van der Waals surface area contributed by atoms with Crippen molar-refractivity contribution in [1.82, 2.24) is 15.3 Å². The molecule has 1 aliphatic rings. The fourth-order valence-electron chi connectivity index (χ4n) is 2.64. The Kier molecular flexibility index (Phi) is 5.02. The first-order chi connectivity index (χ1) is 11.2. The van der Waals surface area contributed by atoms with Crippen molar-refractivity contribution in [3.63, 3.8) is 0 Å². The van der Waals surface area contributed by atoms with E-state index in [2.05, 4.69) is 37.6 Å². The zero-order valence-corrected chi connectivity index (χ0v) is 14.1. The van der Waals surface area contributed by atoms with Crippen LogP contribution in [-0.4, -0.2) is 28.2 Å². The van der Waals surface area contributed by atoms with Crippen molar-refractivity contribution in [2.45, 2.75) is 26.3 Å². The third-order valence-electron chi connectivity index (χ3n) is 3.79. The number of hydrogen-bond donors (Lipinski definition) is 2. The molecule has 0 atom stereocenters. The van der Waals surface area contributed by atoms with E-state index < -0.39 is 0 Å². The third-order valence-corrected chi connectivity index (χ3v) is 4.04. The molecular weight excluding hydrogens is 306 g/mol. The normalized spacial score (nSPS) is 13.9. The molecule has 0 saturated carbocycles. The summed E-state index contributed by atoms with van der Waals surface area (Å²) in [7, 11) is 0. The summed E-state index contributed by atoms with van der Waals surface area (Å²) in [5.74, 6) is 1.53. The van der Waals surface area contributed by atoms with E-state index in [-0.39, 0.29) is 0 Å². The molecule has 23 heavy (non-hydrogen) atoms. The number of aromatic nitrogens is 2. The monoisotopic (exact) mass is 327 g/mol. The van der Waals surface area contributed by atoms with Gasteiger partial charge in [-0.15, -0.1) is 0 Å². The lowest BCUT2D eigenvalue weighted by molar-refractivity contribution is 0.911. The largest absolute Gasteiger partial charge is 0.358 e. The lowest BCUT2D eigenvalue weighted by atomic mass is 10.2. The van der Waals surface area contributed by atoms with E-state index in [9.17, 15) is 0 Å².